The van der Waals surface area contributed by atoms with E-state index in [-0.39, 0.29) is 44.2 Å². The van der Waals surface area contributed by atoms with Gasteiger partial charge in [-0.3, -0.25) is 24.3 Å². The van der Waals surface area contributed by atoms with Crippen LogP contribution in [0.15, 0.2) is 73.1 Å². The molecule has 2 amide bonds. The Labute approximate surface area is 229 Å². The van der Waals surface area contributed by atoms with Crippen LogP contribution < -0.4 is 21.5 Å². The second kappa shape index (κ2) is 15.4. The van der Waals surface area contributed by atoms with E-state index in [0.717, 1.165) is 28.0 Å². The molecular weight excluding hydrogens is 494 g/mol. The average Bonchev–Trinajstić information content (AvgIpc) is 2.95. The first-order valence-electron chi connectivity index (χ1n) is 13.1. The molecule has 9 nitrogen and oxygen atoms in total. The van der Waals surface area contributed by atoms with E-state index in [9.17, 15) is 14.4 Å². The molecule has 39 heavy (non-hydrogen) atoms. The number of hydrogen-bond donors (Lipinski definition) is 3. The smallest absolute Gasteiger partial charge is 0.229 e. The molecule has 1 heterocycles. The summed E-state index contributed by atoms with van der Waals surface area (Å²) < 4.78 is 5.47. The summed E-state index contributed by atoms with van der Waals surface area (Å²) in [5, 5.41) is 3.00. The van der Waals surface area contributed by atoms with E-state index >= 15 is 0 Å². The summed E-state index contributed by atoms with van der Waals surface area (Å²) in [7, 11) is 0. The number of nitrogens with zero attached hydrogens (tertiary/aromatic N) is 2. The second-order valence-electron chi connectivity index (χ2n) is 9.32. The lowest BCUT2D eigenvalue weighted by molar-refractivity contribution is -0.125. The number of nitrogens with two attached hydrogens (primary N) is 2. The van der Waals surface area contributed by atoms with Crippen LogP contribution in [-0.2, 0) is 33.9 Å². The molecule has 0 unspecified atom stereocenters. The highest BCUT2D eigenvalue weighted by Gasteiger charge is 2.25. The zero-order valence-corrected chi connectivity index (χ0v) is 22.3. The standard InChI is InChI=1S/C30H37N5O4/c1-2-39-27-11-9-22(10-12-27)16-26(36)20-35(15-13-29(32)37)21-28(25-4-3-14-33-19-25)30(38)34-18-24-7-5-23(17-31)6-8-24/h3-12,14,19,28H,2,13,15-18,20-21,31H2,1H3,(H2,32,37)(H,34,38)/t28-/m0/s1. The molecule has 0 aliphatic carbocycles. The van der Waals surface area contributed by atoms with Crippen LogP contribution in [0.25, 0.3) is 0 Å². The fourth-order valence-corrected chi connectivity index (χ4v) is 4.19. The molecule has 0 spiro atoms. The second-order valence-corrected chi connectivity index (χ2v) is 9.32. The van der Waals surface area contributed by atoms with Gasteiger partial charge in [-0.05, 0) is 47.4 Å². The Kier molecular flexibility index (Phi) is 11.6. The molecule has 0 radical (unpaired) electrons. The number of Topliss-reactive ketones (excluding diaryl/α,β-unsaturated/α-hetero) is 1. The van der Waals surface area contributed by atoms with Gasteiger partial charge in [0.05, 0.1) is 19.1 Å². The van der Waals surface area contributed by atoms with Crippen molar-refractivity contribution in [2.45, 2.75) is 38.8 Å². The molecular formula is C30H37N5O4. The predicted octanol–water partition coefficient (Wildman–Crippen LogP) is 2.33. The number of aromatic nitrogens is 1. The van der Waals surface area contributed by atoms with Crippen LogP contribution in [-0.4, -0.2) is 53.7 Å². The molecule has 0 saturated carbocycles. The van der Waals surface area contributed by atoms with Crippen LogP contribution in [0.5, 0.6) is 5.75 Å². The van der Waals surface area contributed by atoms with Crippen molar-refractivity contribution in [3.8, 4) is 5.75 Å². The Bertz CT molecular complexity index is 1200. The van der Waals surface area contributed by atoms with Gasteiger partial charge in [0.2, 0.25) is 11.8 Å². The van der Waals surface area contributed by atoms with Crippen LogP contribution in [0.1, 0.15) is 41.5 Å². The van der Waals surface area contributed by atoms with Crippen LogP contribution in [0.3, 0.4) is 0 Å². The molecule has 0 aliphatic heterocycles. The van der Waals surface area contributed by atoms with Gasteiger partial charge in [-0.2, -0.15) is 0 Å². The number of primary amides is 1. The summed E-state index contributed by atoms with van der Waals surface area (Å²) >= 11 is 0. The molecule has 0 aliphatic rings. The number of pyridine rings is 1. The maximum atomic E-state index is 13.4. The first kappa shape index (κ1) is 29.5. The van der Waals surface area contributed by atoms with Crippen molar-refractivity contribution in [2.24, 2.45) is 11.5 Å². The number of benzene rings is 2. The van der Waals surface area contributed by atoms with E-state index in [2.05, 4.69) is 10.3 Å². The topological polar surface area (TPSA) is 141 Å². The van der Waals surface area contributed by atoms with E-state index in [1.165, 1.54) is 0 Å². The number of ketones is 1. The summed E-state index contributed by atoms with van der Waals surface area (Å²) in [6.07, 6.45) is 3.59. The maximum Gasteiger partial charge on any atom is 0.229 e. The number of ether oxygens (including phenoxy) is 1. The minimum absolute atomic E-state index is 0.0334. The molecule has 0 bridgehead atoms. The Morgan fingerprint density at radius 2 is 1.69 bits per heavy atom. The Balaban J connectivity index is 1.71. The molecule has 0 fully saturated rings. The summed E-state index contributed by atoms with van der Waals surface area (Å²) in [5.41, 5.74) is 14.6. The van der Waals surface area contributed by atoms with Crippen molar-refractivity contribution < 1.29 is 19.1 Å². The predicted molar refractivity (Wildman–Crippen MR) is 150 cm³/mol. The number of amides is 2. The monoisotopic (exact) mass is 531 g/mol. The lowest BCUT2D eigenvalue weighted by Gasteiger charge is -2.26. The van der Waals surface area contributed by atoms with Crippen molar-refractivity contribution >= 4 is 17.6 Å². The number of carbonyl (C=O) groups is 3. The van der Waals surface area contributed by atoms with E-state index in [1.807, 2.05) is 66.4 Å². The van der Waals surface area contributed by atoms with Crippen molar-refractivity contribution in [1.82, 2.24) is 15.2 Å². The zero-order chi connectivity index (χ0) is 28.0. The SMILES string of the molecule is CCOc1ccc(CC(=O)CN(CCC(N)=O)C[C@H](C(=O)NCc2ccc(CN)cc2)c2cccnc2)cc1. The molecule has 1 atom stereocenters. The van der Waals surface area contributed by atoms with Crippen molar-refractivity contribution in [1.29, 1.82) is 0 Å². The van der Waals surface area contributed by atoms with Gasteiger partial charge in [-0.1, -0.05) is 42.5 Å². The minimum Gasteiger partial charge on any atom is -0.494 e. The fourth-order valence-electron chi connectivity index (χ4n) is 4.19. The highest BCUT2D eigenvalue weighted by molar-refractivity contribution is 5.85. The molecule has 3 aromatic rings. The third-order valence-corrected chi connectivity index (χ3v) is 6.28. The van der Waals surface area contributed by atoms with Crippen molar-refractivity contribution in [3.05, 3.63) is 95.3 Å². The Hall–Kier alpha value is -4.08. The molecule has 3 rings (SSSR count). The van der Waals surface area contributed by atoms with E-state index < -0.39 is 11.8 Å². The van der Waals surface area contributed by atoms with Crippen LogP contribution >= 0.6 is 0 Å². The van der Waals surface area contributed by atoms with Gasteiger partial charge in [0.1, 0.15) is 5.75 Å². The summed E-state index contributed by atoms with van der Waals surface area (Å²) in [5.74, 6) is -0.559. The highest BCUT2D eigenvalue weighted by atomic mass is 16.5. The van der Waals surface area contributed by atoms with Crippen LogP contribution in [0.2, 0.25) is 0 Å². The summed E-state index contributed by atoms with van der Waals surface area (Å²) in [6.45, 7) is 3.84. The van der Waals surface area contributed by atoms with E-state index in [4.69, 9.17) is 16.2 Å². The third kappa shape index (κ3) is 9.96. The van der Waals surface area contributed by atoms with Gasteiger partial charge in [-0.25, -0.2) is 0 Å². The number of carbonyl (C=O) groups excluding carboxylic acids is 3. The highest BCUT2D eigenvalue weighted by Crippen LogP contribution is 2.18. The van der Waals surface area contributed by atoms with Gasteiger partial charge in [0.15, 0.2) is 5.78 Å². The molecule has 9 heteroatoms. The number of hydrogen-bond acceptors (Lipinski definition) is 7. The van der Waals surface area contributed by atoms with Gasteiger partial charge in [0.25, 0.3) is 0 Å². The van der Waals surface area contributed by atoms with Crippen molar-refractivity contribution in [2.75, 3.05) is 26.2 Å². The summed E-state index contributed by atoms with van der Waals surface area (Å²) in [6, 6.07) is 18.7. The minimum atomic E-state index is -0.604. The largest absolute Gasteiger partial charge is 0.494 e. The van der Waals surface area contributed by atoms with Crippen LogP contribution in [0.4, 0.5) is 0 Å². The number of nitrogens with one attached hydrogen (secondary N) is 1. The van der Waals surface area contributed by atoms with Gasteiger partial charge in [0, 0.05) is 51.4 Å². The zero-order valence-electron chi connectivity index (χ0n) is 22.3. The first-order valence-corrected chi connectivity index (χ1v) is 13.1. The van der Waals surface area contributed by atoms with Crippen molar-refractivity contribution in [3.63, 3.8) is 0 Å². The third-order valence-electron chi connectivity index (χ3n) is 6.28. The fraction of sp³-hybridized carbons (Fsp3) is 0.333. The Morgan fingerprint density at radius 3 is 2.31 bits per heavy atom. The van der Waals surface area contributed by atoms with Gasteiger partial charge >= 0.3 is 0 Å². The lowest BCUT2D eigenvalue weighted by atomic mass is 9.98. The molecule has 1 aromatic heterocycles. The Morgan fingerprint density at radius 1 is 1.00 bits per heavy atom. The van der Waals surface area contributed by atoms with E-state index in [0.29, 0.717) is 19.7 Å². The molecule has 5 N–H and O–H groups in total. The normalized spacial score (nSPS) is 11.7. The van der Waals surface area contributed by atoms with E-state index in [1.54, 1.807) is 18.5 Å². The molecule has 0 saturated heterocycles. The molecule has 206 valence electrons. The summed E-state index contributed by atoms with van der Waals surface area (Å²) in [4.78, 5) is 44.0. The van der Waals surface area contributed by atoms with Gasteiger partial charge < -0.3 is 21.5 Å². The van der Waals surface area contributed by atoms with Crippen LogP contribution in [0, 0.1) is 0 Å². The first-order chi connectivity index (χ1) is 18.9. The van der Waals surface area contributed by atoms with Gasteiger partial charge in [-0.15, -0.1) is 0 Å². The maximum absolute atomic E-state index is 13.4. The lowest BCUT2D eigenvalue weighted by Crippen LogP contribution is -2.41. The molecule has 2 aromatic carbocycles. The average molecular weight is 532 g/mol. The number of rotatable bonds is 16. The quantitative estimate of drug-likeness (QED) is 0.258.